The number of hydrogen-bond acceptors (Lipinski definition) is 3. The smallest absolute Gasteiger partial charge is 0.241 e. The lowest BCUT2D eigenvalue weighted by atomic mass is 10.1. The maximum Gasteiger partial charge on any atom is 0.241 e. The molecule has 0 saturated heterocycles. The van der Waals surface area contributed by atoms with Gasteiger partial charge >= 0.3 is 0 Å². The molecule has 0 aliphatic rings. The summed E-state index contributed by atoms with van der Waals surface area (Å²) in [7, 11) is -3.54. The average Bonchev–Trinajstić information content (AvgIpc) is 2.26. The molecule has 1 rings (SSSR count). The number of halogens is 2. The molecule has 20 heavy (non-hydrogen) atoms. The van der Waals surface area contributed by atoms with Gasteiger partial charge in [0.1, 0.15) is 0 Å². The third-order valence-corrected chi connectivity index (χ3v) is 5.24. The molecule has 0 aliphatic carbocycles. The molecular weight excluding hydrogens is 364 g/mol. The van der Waals surface area contributed by atoms with Crippen molar-refractivity contribution in [3.63, 3.8) is 0 Å². The zero-order valence-electron chi connectivity index (χ0n) is 11.9. The summed E-state index contributed by atoms with van der Waals surface area (Å²) in [5, 5.41) is 0. The summed E-state index contributed by atoms with van der Waals surface area (Å²) in [5.41, 5.74) is 6.63. The van der Waals surface area contributed by atoms with Crippen LogP contribution in [0.1, 0.15) is 25.8 Å². The zero-order chi connectivity index (χ0) is 14.6. The second kappa shape index (κ2) is 8.34. The fraction of sp³-hybridized carbons (Fsp3) is 0.538. The number of rotatable bonds is 6. The maximum atomic E-state index is 12.3. The summed E-state index contributed by atoms with van der Waals surface area (Å²) in [6.07, 6.45) is 0.721. The second-order valence-electron chi connectivity index (χ2n) is 5.12. The molecule has 1 unspecified atom stereocenters. The van der Waals surface area contributed by atoms with Crippen molar-refractivity contribution < 1.29 is 8.42 Å². The molecule has 116 valence electrons. The Morgan fingerprint density at radius 2 is 1.95 bits per heavy atom. The highest BCUT2D eigenvalue weighted by Gasteiger charge is 2.22. The van der Waals surface area contributed by atoms with Gasteiger partial charge < -0.3 is 5.73 Å². The van der Waals surface area contributed by atoms with Crippen LogP contribution < -0.4 is 10.5 Å². The largest absolute Gasteiger partial charge is 0.329 e. The van der Waals surface area contributed by atoms with Crippen LogP contribution in [0.15, 0.2) is 27.6 Å². The number of nitrogens with one attached hydrogen (secondary N) is 1. The van der Waals surface area contributed by atoms with Crippen molar-refractivity contribution in [2.45, 2.75) is 38.1 Å². The van der Waals surface area contributed by atoms with E-state index < -0.39 is 10.0 Å². The molecule has 0 heterocycles. The summed E-state index contributed by atoms with van der Waals surface area (Å²) in [5.74, 6) is 0.387. The number of nitrogens with two attached hydrogens (primary N) is 1. The Hall–Kier alpha value is -0.140. The molecule has 0 aromatic heterocycles. The lowest BCUT2D eigenvalue weighted by Crippen LogP contribution is -2.41. The van der Waals surface area contributed by atoms with Gasteiger partial charge in [-0.1, -0.05) is 19.9 Å². The van der Waals surface area contributed by atoms with Crippen molar-refractivity contribution in [2.24, 2.45) is 11.7 Å². The number of sulfonamides is 1. The molecule has 0 amide bonds. The van der Waals surface area contributed by atoms with Gasteiger partial charge in [-0.3, -0.25) is 0 Å². The van der Waals surface area contributed by atoms with Gasteiger partial charge in [0.2, 0.25) is 10.0 Å². The topological polar surface area (TPSA) is 72.2 Å². The van der Waals surface area contributed by atoms with Crippen LogP contribution in [0.3, 0.4) is 0 Å². The van der Waals surface area contributed by atoms with E-state index in [2.05, 4.69) is 20.7 Å². The van der Waals surface area contributed by atoms with Crippen molar-refractivity contribution in [3.8, 4) is 0 Å². The van der Waals surface area contributed by atoms with Crippen LogP contribution in [-0.4, -0.2) is 21.0 Å². The average molecular weight is 386 g/mol. The van der Waals surface area contributed by atoms with Gasteiger partial charge in [0.25, 0.3) is 0 Å². The highest BCUT2D eigenvalue weighted by atomic mass is 79.9. The molecule has 0 spiro atoms. The predicted octanol–water partition coefficient (Wildman–Crippen LogP) is 2.83. The maximum absolute atomic E-state index is 12.3. The minimum atomic E-state index is -3.54. The summed E-state index contributed by atoms with van der Waals surface area (Å²) in [6.45, 7) is 6.29. The first-order chi connectivity index (χ1) is 8.76. The lowest BCUT2D eigenvalue weighted by molar-refractivity contribution is 0.465. The quantitative estimate of drug-likeness (QED) is 0.791. The molecule has 7 heteroatoms. The number of benzene rings is 1. The Labute approximate surface area is 136 Å². The molecule has 0 bridgehead atoms. The first-order valence-electron chi connectivity index (χ1n) is 6.24. The van der Waals surface area contributed by atoms with Crippen molar-refractivity contribution in [1.82, 2.24) is 4.72 Å². The van der Waals surface area contributed by atoms with E-state index in [0.29, 0.717) is 16.9 Å². The zero-order valence-corrected chi connectivity index (χ0v) is 15.1. The predicted molar refractivity (Wildman–Crippen MR) is 88.7 cm³/mol. The second-order valence-corrected chi connectivity index (χ2v) is 7.65. The molecule has 0 aliphatic heterocycles. The summed E-state index contributed by atoms with van der Waals surface area (Å²) in [6, 6.07) is 4.93. The van der Waals surface area contributed by atoms with Gasteiger partial charge in [0, 0.05) is 17.1 Å². The standard InChI is InChI=1S/C13H21BrN2O2S.ClH/c1-9(2)6-11(8-15)16-19(17,18)13-5-4-10(3)7-12(13)14;/h4-5,7,9,11,16H,6,8,15H2,1-3H3;1H. The van der Waals surface area contributed by atoms with E-state index in [9.17, 15) is 8.42 Å². The molecule has 0 radical (unpaired) electrons. The van der Waals surface area contributed by atoms with Crippen molar-refractivity contribution in [3.05, 3.63) is 28.2 Å². The van der Waals surface area contributed by atoms with Gasteiger partial charge in [-0.2, -0.15) is 0 Å². The van der Waals surface area contributed by atoms with Crippen molar-refractivity contribution in [2.75, 3.05) is 6.54 Å². The molecule has 1 aromatic carbocycles. The Morgan fingerprint density at radius 3 is 2.40 bits per heavy atom. The number of aryl methyl sites for hydroxylation is 1. The number of hydrogen-bond donors (Lipinski definition) is 2. The van der Waals surface area contributed by atoms with E-state index in [4.69, 9.17) is 5.73 Å². The molecule has 4 nitrogen and oxygen atoms in total. The normalized spacial score (nSPS) is 13.1. The third kappa shape index (κ3) is 5.69. The van der Waals surface area contributed by atoms with Crippen LogP contribution in [0.25, 0.3) is 0 Å². The summed E-state index contributed by atoms with van der Waals surface area (Å²) in [4.78, 5) is 0.250. The monoisotopic (exact) mass is 384 g/mol. The molecule has 0 saturated carbocycles. The fourth-order valence-electron chi connectivity index (χ4n) is 1.87. The van der Waals surface area contributed by atoms with Crippen LogP contribution in [-0.2, 0) is 10.0 Å². The Kier molecular flexibility index (Phi) is 8.28. The van der Waals surface area contributed by atoms with Crippen molar-refractivity contribution >= 4 is 38.4 Å². The van der Waals surface area contributed by atoms with Gasteiger partial charge in [-0.15, -0.1) is 12.4 Å². The van der Waals surface area contributed by atoms with Gasteiger partial charge in [0.15, 0.2) is 0 Å². The Bertz CT molecular complexity index is 535. The highest BCUT2D eigenvalue weighted by molar-refractivity contribution is 9.10. The minimum absolute atomic E-state index is 0. The van der Waals surface area contributed by atoms with E-state index in [1.165, 1.54) is 0 Å². The highest BCUT2D eigenvalue weighted by Crippen LogP contribution is 2.23. The lowest BCUT2D eigenvalue weighted by Gasteiger charge is -2.19. The van der Waals surface area contributed by atoms with Crippen LogP contribution in [0.2, 0.25) is 0 Å². The Morgan fingerprint density at radius 1 is 1.35 bits per heavy atom. The fourth-order valence-corrected chi connectivity index (χ4v) is 4.32. The van der Waals surface area contributed by atoms with E-state index in [-0.39, 0.29) is 23.3 Å². The van der Waals surface area contributed by atoms with Crippen LogP contribution in [0.5, 0.6) is 0 Å². The van der Waals surface area contributed by atoms with E-state index in [1.807, 2.05) is 20.8 Å². The molecule has 1 aromatic rings. The molecule has 1 atom stereocenters. The van der Waals surface area contributed by atoms with Crippen LogP contribution >= 0.6 is 28.3 Å². The first kappa shape index (κ1) is 19.9. The van der Waals surface area contributed by atoms with Gasteiger partial charge in [0.05, 0.1) is 4.90 Å². The van der Waals surface area contributed by atoms with Gasteiger partial charge in [-0.05, 0) is 52.9 Å². The Balaban J connectivity index is 0.00000361. The first-order valence-corrected chi connectivity index (χ1v) is 8.52. The summed E-state index contributed by atoms with van der Waals surface area (Å²) < 4.78 is 27.9. The van der Waals surface area contributed by atoms with E-state index >= 15 is 0 Å². The molecule has 0 fully saturated rings. The van der Waals surface area contributed by atoms with E-state index in [0.717, 1.165) is 12.0 Å². The van der Waals surface area contributed by atoms with Crippen LogP contribution in [0, 0.1) is 12.8 Å². The molecule has 3 N–H and O–H groups in total. The summed E-state index contributed by atoms with van der Waals surface area (Å²) >= 11 is 3.30. The third-order valence-electron chi connectivity index (χ3n) is 2.74. The van der Waals surface area contributed by atoms with E-state index in [1.54, 1.807) is 18.2 Å². The van der Waals surface area contributed by atoms with Crippen LogP contribution in [0.4, 0.5) is 0 Å². The minimum Gasteiger partial charge on any atom is -0.329 e. The van der Waals surface area contributed by atoms with Gasteiger partial charge in [-0.25, -0.2) is 13.1 Å². The van der Waals surface area contributed by atoms with Crippen molar-refractivity contribution in [1.29, 1.82) is 0 Å². The SMILES string of the molecule is Cc1ccc(S(=O)(=O)NC(CN)CC(C)C)c(Br)c1.Cl. The molecular formula is C13H22BrClN2O2S.